The fourth-order valence-electron chi connectivity index (χ4n) is 2.64. The van der Waals surface area contributed by atoms with Gasteiger partial charge >= 0.3 is 0 Å². The van der Waals surface area contributed by atoms with E-state index in [-0.39, 0.29) is 12.5 Å². The Balaban J connectivity index is 2.17. The maximum absolute atomic E-state index is 11.9. The first-order valence-electron chi connectivity index (χ1n) is 7.60. The second-order valence-corrected chi connectivity index (χ2v) is 5.70. The van der Waals surface area contributed by atoms with Crippen molar-refractivity contribution in [2.24, 2.45) is 0 Å². The predicted octanol–water partition coefficient (Wildman–Crippen LogP) is -0.984. The van der Waals surface area contributed by atoms with Crippen LogP contribution in [-0.2, 0) is 9.53 Å². The minimum atomic E-state index is -1.58. The molecule has 0 spiro atoms. The molecule has 1 fully saturated rings. The van der Waals surface area contributed by atoms with Gasteiger partial charge in [0.2, 0.25) is 5.91 Å². The normalized spacial score (nSPS) is 24.5. The second kappa shape index (κ2) is 7.91. The molecule has 0 aromatic heterocycles. The summed E-state index contributed by atoms with van der Waals surface area (Å²) in [6, 6.07) is 6.94. The van der Waals surface area contributed by atoms with Crippen LogP contribution in [0.25, 0.3) is 0 Å². The van der Waals surface area contributed by atoms with Crippen LogP contribution in [0.2, 0.25) is 0 Å². The van der Waals surface area contributed by atoms with Gasteiger partial charge in [0.05, 0.1) is 20.3 Å². The zero-order chi connectivity index (χ0) is 17.9. The van der Waals surface area contributed by atoms with Gasteiger partial charge in [-0.05, 0) is 12.1 Å². The number of nitrogens with zero attached hydrogens (tertiary/aromatic N) is 1. The van der Waals surface area contributed by atoms with Crippen molar-refractivity contribution in [3.8, 4) is 5.75 Å². The van der Waals surface area contributed by atoms with Gasteiger partial charge in [0, 0.05) is 12.5 Å². The molecule has 0 unspecified atom stereocenters. The summed E-state index contributed by atoms with van der Waals surface area (Å²) in [5.74, 6) is 0.409. The first-order valence-corrected chi connectivity index (χ1v) is 7.60. The van der Waals surface area contributed by atoms with Gasteiger partial charge in [-0.1, -0.05) is 12.1 Å². The Hall–Kier alpha value is -1.71. The van der Waals surface area contributed by atoms with Crippen LogP contribution in [0.4, 0.5) is 0 Å². The van der Waals surface area contributed by atoms with E-state index in [1.54, 1.807) is 31.4 Å². The molecule has 2 rings (SSSR count). The van der Waals surface area contributed by atoms with Crippen molar-refractivity contribution >= 4 is 5.91 Å². The van der Waals surface area contributed by atoms with Crippen LogP contribution < -0.4 is 4.74 Å². The molecule has 1 aromatic carbocycles. The van der Waals surface area contributed by atoms with Crippen LogP contribution >= 0.6 is 0 Å². The van der Waals surface area contributed by atoms with E-state index in [0.717, 1.165) is 0 Å². The molecule has 0 bridgehead atoms. The van der Waals surface area contributed by atoms with E-state index in [1.165, 1.54) is 11.8 Å². The highest BCUT2D eigenvalue weighted by Gasteiger charge is 2.42. The summed E-state index contributed by atoms with van der Waals surface area (Å²) in [7, 11) is 1.54. The third kappa shape index (κ3) is 3.85. The Labute approximate surface area is 139 Å². The van der Waals surface area contributed by atoms with Crippen molar-refractivity contribution in [3.63, 3.8) is 0 Å². The minimum Gasteiger partial charge on any atom is -0.497 e. The standard InChI is InChI=1S/C16H23NO7/c1-9(19)17-7-13(15(22)14(21)12(20)8-18)24-16(17)10-3-5-11(23-2)6-4-10/h3-6,12-16,18,20-22H,7-8H2,1-2H3/t12-,13+,14-,15-,16-/m1/s1. The van der Waals surface area contributed by atoms with Gasteiger partial charge in [-0.25, -0.2) is 0 Å². The lowest BCUT2D eigenvalue weighted by atomic mass is 10.0. The molecule has 0 radical (unpaired) electrons. The fourth-order valence-corrected chi connectivity index (χ4v) is 2.64. The van der Waals surface area contributed by atoms with Gasteiger partial charge in [0.1, 0.15) is 30.2 Å². The third-order valence-electron chi connectivity index (χ3n) is 4.08. The molecule has 1 saturated heterocycles. The fraction of sp³-hybridized carbons (Fsp3) is 0.562. The van der Waals surface area contributed by atoms with Crippen LogP contribution in [0.1, 0.15) is 18.7 Å². The van der Waals surface area contributed by atoms with E-state index in [4.69, 9.17) is 14.6 Å². The van der Waals surface area contributed by atoms with E-state index >= 15 is 0 Å². The molecule has 134 valence electrons. The summed E-state index contributed by atoms with van der Waals surface area (Å²) < 4.78 is 10.8. The lowest BCUT2D eigenvalue weighted by Crippen LogP contribution is -2.47. The molecule has 8 heteroatoms. The van der Waals surface area contributed by atoms with Gasteiger partial charge in [-0.15, -0.1) is 0 Å². The maximum atomic E-state index is 11.9. The number of hydrogen-bond donors (Lipinski definition) is 4. The van der Waals surface area contributed by atoms with E-state index < -0.39 is 37.3 Å². The van der Waals surface area contributed by atoms with Crippen LogP contribution in [0.15, 0.2) is 24.3 Å². The first-order chi connectivity index (χ1) is 11.4. The Kier molecular flexibility index (Phi) is 6.14. The van der Waals surface area contributed by atoms with E-state index in [0.29, 0.717) is 11.3 Å². The summed E-state index contributed by atoms with van der Waals surface area (Å²) in [6.45, 7) is 0.749. The predicted molar refractivity (Wildman–Crippen MR) is 83.1 cm³/mol. The number of aliphatic hydroxyl groups is 4. The molecule has 1 amide bonds. The van der Waals surface area contributed by atoms with Gasteiger partial charge in [0.25, 0.3) is 0 Å². The van der Waals surface area contributed by atoms with E-state index in [2.05, 4.69) is 0 Å². The number of carbonyl (C=O) groups is 1. The zero-order valence-electron chi connectivity index (χ0n) is 13.6. The smallest absolute Gasteiger partial charge is 0.221 e. The number of amides is 1. The molecule has 1 aliphatic heterocycles. The van der Waals surface area contributed by atoms with Crippen LogP contribution in [-0.4, -0.2) is 75.9 Å². The zero-order valence-corrected chi connectivity index (χ0v) is 13.6. The number of carbonyl (C=O) groups excluding carboxylic acids is 1. The number of benzene rings is 1. The molecule has 1 heterocycles. The summed E-state index contributed by atoms with van der Waals surface area (Å²) in [5, 5.41) is 38.3. The van der Waals surface area contributed by atoms with Crippen LogP contribution in [0.5, 0.6) is 5.75 Å². The number of ether oxygens (including phenoxy) is 2. The lowest BCUT2D eigenvalue weighted by Gasteiger charge is -2.25. The average Bonchev–Trinajstić information content (AvgIpc) is 3.05. The van der Waals surface area contributed by atoms with E-state index in [9.17, 15) is 20.1 Å². The molecule has 4 N–H and O–H groups in total. The van der Waals surface area contributed by atoms with Crippen molar-refractivity contribution in [1.29, 1.82) is 0 Å². The topological polar surface area (TPSA) is 120 Å². The number of aliphatic hydroxyl groups excluding tert-OH is 4. The Morgan fingerprint density at radius 3 is 2.46 bits per heavy atom. The molecule has 24 heavy (non-hydrogen) atoms. The number of rotatable bonds is 6. The highest BCUT2D eigenvalue weighted by molar-refractivity contribution is 5.74. The Morgan fingerprint density at radius 1 is 1.33 bits per heavy atom. The molecule has 0 aliphatic carbocycles. The third-order valence-corrected chi connectivity index (χ3v) is 4.08. The summed E-state index contributed by atoms with van der Waals surface area (Å²) in [5.41, 5.74) is 0.692. The maximum Gasteiger partial charge on any atom is 0.221 e. The summed E-state index contributed by atoms with van der Waals surface area (Å²) in [4.78, 5) is 13.3. The monoisotopic (exact) mass is 341 g/mol. The Morgan fingerprint density at radius 2 is 1.96 bits per heavy atom. The average molecular weight is 341 g/mol. The molecule has 0 saturated carbocycles. The van der Waals surface area contributed by atoms with Gasteiger partial charge < -0.3 is 34.8 Å². The van der Waals surface area contributed by atoms with Crippen molar-refractivity contribution in [3.05, 3.63) is 29.8 Å². The molecule has 1 aromatic rings. The number of hydrogen-bond acceptors (Lipinski definition) is 7. The highest BCUT2D eigenvalue weighted by Crippen LogP contribution is 2.33. The quantitative estimate of drug-likeness (QED) is 0.525. The molecule has 5 atom stereocenters. The Bertz CT molecular complexity index is 550. The van der Waals surface area contributed by atoms with Gasteiger partial charge in [0.15, 0.2) is 6.23 Å². The molecule has 8 nitrogen and oxygen atoms in total. The molecule has 1 aliphatic rings. The van der Waals surface area contributed by atoms with Crippen LogP contribution in [0.3, 0.4) is 0 Å². The van der Waals surface area contributed by atoms with Crippen molar-refractivity contribution in [2.75, 3.05) is 20.3 Å². The lowest BCUT2D eigenvalue weighted by molar-refractivity contribution is -0.139. The number of methoxy groups -OCH3 is 1. The van der Waals surface area contributed by atoms with Gasteiger partial charge in [-0.2, -0.15) is 0 Å². The SMILES string of the molecule is COc1ccc([C@H]2O[C@H]([C@@H](O)[C@H](O)[C@H](O)CO)CN2C(C)=O)cc1. The summed E-state index contributed by atoms with van der Waals surface area (Å²) >= 11 is 0. The van der Waals surface area contributed by atoms with Gasteiger partial charge in [-0.3, -0.25) is 4.79 Å². The van der Waals surface area contributed by atoms with Crippen molar-refractivity contribution < 1.29 is 34.7 Å². The molecular weight excluding hydrogens is 318 g/mol. The minimum absolute atomic E-state index is 0.0579. The molecular formula is C16H23NO7. The largest absolute Gasteiger partial charge is 0.497 e. The summed E-state index contributed by atoms with van der Waals surface area (Å²) in [6.07, 6.45) is -6.13. The second-order valence-electron chi connectivity index (χ2n) is 5.70. The highest BCUT2D eigenvalue weighted by atomic mass is 16.5. The van der Waals surface area contributed by atoms with E-state index in [1.807, 2.05) is 0 Å². The first kappa shape index (κ1) is 18.6. The van der Waals surface area contributed by atoms with Crippen molar-refractivity contribution in [2.45, 2.75) is 37.6 Å². The van der Waals surface area contributed by atoms with Crippen LogP contribution in [0, 0.1) is 0 Å². The van der Waals surface area contributed by atoms with Crippen molar-refractivity contribution in [1.82, 2.24) is 4.90 Å².